The number of fused-ring (bicyclic) bond motifs is 1. The molecule has 1 fully saturated rings. The topological polar surface area (TPSA) is 71.9 Å². The van der Waals surface area contributed by atoms with Crippen molar-refractivity contribution in [2.45, 2.75) is 13.8 Å². The number of carbonyl (C=O) groups is 1. The number of carbonyl (C=O) groups excluding carboxylic acids is 1. The molecule has 0 radical (unpaired) electrons. The molecule has 150 valence electrons. The predicted octanol–water partition coefficient (Wildman–Crippen LogP) is 3.74. The van der Waals surface area contributed by atoms with E-state index in [-0.39, 0.29) is 17.6 Å². The van der Waals surface area contributed by atoms with Crippen LogP contribution in [0.25, 0.3) is 10.9 Å². The van der Waals surface area contributed by atoms with Gasteiger partial charge in [-0.3, -0.25) is 9.79 Å². The Hall–Kier alpha value is -3.35. The van der Waals surface area contributed by atoms with E-state index >= 15 is 0 Å². The van der Waals surface area contributed by atoms with E-state index in [9.17, 15) is 14.3 Å². The Bertz CT molecular complexity index is 1100. The molecule has 1 aliphatic heterocycles. The first-order valence-electron chi connectivity index (χ1n) is 9.58. The number of aryl methyl sites for hydroxylation is 1. The molecule has 1 aliphatic rings. The molecule has 1 saturated heterocycles. The summed E-state index contributed by atoms with van der Waals surface area (Å²) in [7, 11) is 0. The SMILES string of the molecule is CC(=O)N1CCN(c2ccc(N=Cc3c(O)[nH]c4cccc(C)c34)cc2F)CC1. The summed E-state index contributed by atoms with van der Waals surface area (Å²) in [6, 6.07) is 10.6. The molecule has 3 aromatic rings. The third-order valence-electron chi connectivity index (χ3n) is 5.39. The maximum atomic E-state index is 14.7. The van der Waals surface area contributed by atoms with Gasteiger partial charge in [0.1, 0.15) is 5.82 Å². The lowest BCUT2D eigenvalue weighted by molar-refractivity contribution is -0.129. The van der Waals surface area contributed by atoms with Gasteiger partial charge in [0, 0.05) is 56.3 Å². The highest BCUT2D eigenvalue weighted by atomic mass is 19.1. The smallest absolute Gasteiger partial charge is 0.219 e. The quantitative estimate of drug-likeness (QED) is 0.665. The van der Waals surface area contributed by atoms with Gasteiger partial charge in [-0.2, -0.15) is 0 Å². The van der Waals surface area contributed by atoms with E-state index in [1.807, 2.05) is 30.0 Å². The van der Waals surface area contributed by atoms with E-state index in [0.29, 0.717) is 43.1 Å². The maximum Gasteiger partial charge on any atom is 0.219 e. The molecule has 0 atom stereocenters. The molecule has 0 aliphatic carbocycles. The van der Waals surface area contributed by atoms with Crippen molar-refractivity contribution in [3.63, 3.8) is 0 Å². The molecule has 1 aromatic heterocycles. The number of nitrogens with one attached hydrogen (secondary N) is 1. The van der Waals surface area contributed by atoms with Gasteiger partial charge < -0.3 is 19.9 Å². The zero-order chi connectivity index (χ0) is 20.5. The first-order valence-corrected chi connectivity index (χ1v) is 9.58. The van der Waals surface area contributed by atoms with Gasteiger partial charge in [0.25, 0.3) is 0 Å². The zero-order valence-electron chi connectivity index (χ0n) is 16.4. The summed E-state index contributed by atoms with van der Waals surface area (Å²) in [6.07, 6.45) is 1.56. The molecule has 2 heterocycles. The summed E-state index contributed by atoms with van der Waals surface area (Å²) in [5.74, 6) is -0.265. The Morgan fingerprint density at radius 3 is 2.66 bits per heavy atom. The van der Waals surface area contributed by atoms with Crippen molar-refractivity contribution in [1.29, 1.82) is 0 Å². The van der Waals surface area contributed by atoms with Crippen LogP contribution in [-0.4, -0.2) is 53.3 Å². The summed E-state index contributed by atoms with van der Waals surface area (Å²) in [5.41, 5.74) is 3.42. The van der Waals surface area contributed by atoms with Crippen LogP contribution in [0.5, 0.6) is 5.88 Å². The number of piperazine rings is 1. The van der Waals surface area contributed by atoms with Crippen LogP contribution in [0.4, 0.5) is 15.8 Å². The third-order valence-corrected chi connectivity index (χ3v) is 5.39. The largest absolute Gasteiger partial charge is 0.494 e. The molecule has 29 heavy (non-hydrogen) atoms. The van der Waals surface area contributed by atoms with Gasteiger partial charge >= 0.3 is 0 Å². The van der Waals surface area contributed by atoms with Gasteiger partial charge in [-0.15, -0.1) is 0 Å². The minimum atomic E-state index is -0.352. The van der Waals surface area contributed by atoms with Gasteiger partial charge in [0.15, 0.2) is 5.88 Å². The van der Waals surface area contributed by atoms with Gasteiger partial charge in [-0.25, -0.2) is 4.39 Å². The third kappa shape index (κ3) is 3.68. The van der Waals surface area contributed by atoms with Crippen LogP contribution in [-0.2, 0) is 4.79 Å². The Labute approximate surface area is 168 Å². The lowest BCUT2D eigenvalue weighted by atomic mass is 10.1. The fourth-order valence-electron chi connectivity index (χ4n) is 3.80. The van der Waals surface area contributed by atoms with Gasteiger partial charge in [0.2, 0.25) is 5.91 Å². The molecule has 0 bridgehead atoms. The van der Waals surface area contributed by atoms with Crippen LogP contribution < -0.4 is 4.90 Å². The Kier molecular flexibility index (Phi) is 4.96. The van der Waals surface area contributed by atoms with Crippen molar-refractivity contribution in [2.24, 2.45) is 4.99 Å². The first-order chi connectivity index (χ1) is 13.9. The van der Waals surface area contributed by atoms with Crippen LogP contribution in [0.3, 0.4) is 0 Å². The van der Waals surface area contributed by atoms with Crippen molar-refractivity contribution in [2.75, 3.05) is 31.1 Å². The predicted molar refractivity (Wildman–Crippen MR) is 113 cm³/mol. The normalized spacial score (nSPS) is 14.9. The lowest BCUT2D eigenvalue weighted by Crippen LogP contribution is -2.48. The van der Waals surface area contributed by atoms with Crippen molar-refractivity contribution in [3.05, 3.63) is 53.3 Å². The van der Waals surface area contributed by atoms with E-state index in [4.69, 9.17) is 0 Å². The summed E-state index contributed by atoms with van der Waals surface area (Å²) < 4.78 is 14.7. The minimum Gasteiger partial charge on any atom is -0.494 e. The molecular weight excluding hydrogens is 371 g/mol. The van der Waals surface area contributed by atoms with Crippen LogP contribution in [0.2, 0.25) is 0 Å². The standard InChI is InChI=1S/C22H23FN4O2/c1-14-4-3-5-19-21(14)17(22(29)25-19)13-24-16-6-7-20(18(23)12-16)27-10-8-26(9-11-27)15(2)28/h3-7,12-13,25,29H,8-11H2,1-2H3. The number of aromatic hydroxyl groups is 1. The monoisotopic (exact) mass is 394 g/mol. The number of hydrogen-bond donors (Lipinski definition) is 2. The van der Waals surface area contributed by atoms with E-state index in [1.165, 1.54) is 6.07 Å². The maximum absolute atomic E-state index is 14.7. The highest BCUT2D eigenvalue weighted by molar-refractivity contribution is 6.04. The van der Waals surface area contributed by atoms with E-state index < -0.39 is 0 Å². The van der Waals surface area contributed by atoms with Gasteiger partial charge in [-0.1, -0.05) is 12.1 Å². The van der Waals surface area contributed by atoms with E-state index in [2.05, 4.69) is 9.98 Å². The summed E-state index contributed by atoms with van der Waals surface area (Å²) in [6.45, 7) is 5.90. The number of H-pyrrole nitrogens is 1. The van der Waals surface area contributed by atoms with Crippen LogP contribution in [0, 0.1) is 12.7 Å². The fourth-order valence-corrected chi connectivity index (χ4v) is 3.80. The number of aliphatic imine (C=N–C) groups is 1. The van der Waals surface area contributed by atoms with Crippen LogP contribution >= 0.6 is 0 Å². The minimum absolute atomic E-state index is 0.0403. The number of amides is 1. The van der Waals surface area contributed by atoms with Crippen molar-refractivity contribution in [3.8, 4) is 5.88 Å². The molecule has 7 heteroatoms. The van der Waals surface area contributed by atoms with Crippen molar-refractivity contribution >= 4 is 34.4 Å². The van der Waals surface area contributed by atoms with Gasteiger partial charge in [-0.05, 0) is 30.7 Å². The number of aromatic nitrogens is 1. The number of benzene rings is 2. The number of anilines is 1. The summed E-state index contributed by atoms with van der Waals surface area (Å²) >= 11 is 0. The number of hydrogen-bond acceptors (Lipinski definition) is 4. The van der Waals surface area contributed by atoms with Gasteiger partial charge in [0.05, 0.1) is 16.9 Å². The number of aromatic amines is 1. The van der Waals surface area contributed by atoms with Crippen molar-refractivity contribution < 1.29 is 14.3 Å². The second kappa shape index (κ2) is 7.58. The van der Waals surface area contributed by atoms with Crippen LogP contribution in [0.15, 0.2) is 41.4 Å². The van der Waals surface area contributed by atoms with Crippen LogP contribution in [0.1, 0.15) is 18.1 Å². The number of halogens is 1. The highest BCUT2D eigenvalue weighted by Gasteiger charge is 2.21. The highest BCUT2D eigenvalue weighted by Crippen LogP contribution is 2.30. The first kappa shape index (κ1) is 19.0. The van der Waals surface area contributed by atoms with E-state index in [0.717, 1.165) is 16.5 Å². The molecule has 0 saturated carbocycles. The molecule has 4 rings (SSSR count). The second-order valence-corrected chi connectivity index (χ2v) is 7.27. The fraction of sp³-hybridized carbons (Fsp3) is 0.273. The lowest BCUT2D eigenvalue weighted by Gasteiger charge is -2.35. The molecule has 2 aromatic carbocycles. The Morgan fingerprint density at radius 1 is 1.21 bits per heavy atom. The molecular formula is C22H23FN4O2. The molecule has 0 unspecified atom stereocenters. The Morgan fingerprint density at radius 2 is 1.97 bits per heavy atom. The summed E-state index contributed by atoms with van der Waals surface area (Å²) in [5, 5.41) is 11.1. The molecule has 0 spiro atoms. The van der Waals surface area contributed by atoms with Crippen molar-refractivity contribution in [1.82, 2.24) is 9.88 Å². The average molecular weight is 394 g/mol. The average Bonchev–Trinajstić information content (AvgIpc) is 3.03. The molecule has 2 N–H and O–H groups in total. The zero-order valence-corrected chi connectivity index (χ0v) is 16.4. The molecule has 1 amide bonds. The summed E-state index contributed by atoms with van der Waals surface area (Å²) in [4.78, 5) is 22.5. The second-order valence-electron chi connectivity index (χ2n) is 7.27. The Balaban J connectivity index is 1.55. The molecule has 6 nitrogen and oxygen atoms in total. The number of rotatable bonds is 3. The number of nitrogens with zero attached hydrogens (tertiary/aromatic N) is 3. The van der Waals surface area contributed by atoms with E-state index in [1.54, 1.807) is 30.2 Å².